The summed E-state index contributed by atoms with van der Waals surface area (Å²) < 4.78 is 0. The van der Waals surface area contributed by atoms with Crippen LogP contribution in [0.3, 0.4) is 0 Å². The topological polar surface area (TPSA) is 44.4 Å². The molecule has 1 aliphatic heterocycles. The Labute approximate surface area is 139 Å². The van der Waals surface area contributed by atoms with Crippen LogP contribution in [0.1, 0.15) is 56.1 Å². The molecule has 0 radical (unpaired) electrons. The molecule has 1 saturated carbocycles. The molecule has 126 valence electrons. The van der Waals surface area contributed by atoms with Crippen molar-refractivity contribution in [2.45, 2.75) is 64.1 Å². The molecule has 1 aromatic carbocycles. The van der Waals surface area contributed by atoms with Gasteiger partial charge in [0.05, 0.1) is 0 Å². The van der Waals surface area contributed by atoms with Crippen molar-refractivity contribution in [2.75, 3.05) is 13.1 Å². The predicted molar refractivity (Wildman–Crippen MR) is 93.2 cm³/mol. The maximum atomic E-state index is 12.0. The molecule has 1 aliphatic carbocycles. The molecule has 4 heteroatoms. The molecule has 0 bridgehead atoms. The van der Waals surface area contributed by atoms with Gasteiger partial charge < -0.3 is 10.6 Å². The zero-order valence-corrected chi connectivity index (χ0v) is 14.0. The zero-order valence-electron chi connectivity index (χ0n) is 14.0. The summed E-state index contributed by atoms with van der Waals surface area (Å²) in [4.78, 5) is 14.5. The first-order valence-corrected chi connectivity index (χ1v) is 9.14. The van der Waals surface area contributed by atoms with Crippen molar-refractivity contribution in [3.05, 3.63) is 35.4 Å². The number of rotatable bonds is 5. The number of benzene rings is 1. The largest absolute Gasteiger partial charge is 0.335 e. The van der Waals surface area contributed by atoms with Crippen molar-refractivity contribution in [2.24, 2.45) is 0 Å². The van der Waals surface area contributed by atoms with Crippen LogP contribution in [-0.2, 0) is 13.1 Å². The Balaban J connectivity index is 1.44. The minimum absolute atomic E-state index is 0.0261. The molecule has 1 saturated heterocycles. The van der Waals surface area contributed by atoms with E-state index in [0.717, 1.165) is 19.4 Å². The lowest BCUT2D eigenvalue weighted by atomic mass is 9.96. The summed E-state index contributed by atoms with van der Waals surface area (Å²) >= 11 is 0. The highest BCUT2D eigenvalue weighted by Crippen LogP contribution is 2.17. The fourth-order valence-corrected chi connectivity index (χ4v) is 3.70. The summed E-state index contributed by atoms with van der Waals surface area (Å²) in [6, 6.07) is 8.94. The Morgan fingerprint density at radius 3 is 2.57 bits per heavy atom. The molecule has 2 N–H and O–H groups in total. The van der Waals surface area contributed by atoms with Crippen LogP contribution < -0.4 is 10.6 Å². The van der Waals surface area contributed by atoms with E-state index < -0.39 is 0 Å². The quantitative estimate of drug-likeness (QED) is 0.874. The molecule has 1 aromatic rings. The number of amides is 2. The van der Waals surface area contributed by atoms with Gasteiger partial charge in [0.25, 0.3) is 0 Å². The number of likely N-dealkylation sites (tertiary alicyclic amines) is 1. The second-order valence-corrected chi connectivity index (χ2v) is 6.97. The Morgan fingerprint density at radius 1 is 1.04 bits per heavy atom. The van der Waals surface area contributed by atoms with Crippen LogP contribution in [0.25, 0.3) is 0 Å². The van der Waals surface area contributed by atoms with Gasteiger partial charge in [0, 0.05) is 19.1 Å². The number of hydrogen-bond donors (Lipinski definition) is 2. The summed E-state index contributed by atoms with van der Waals surface area (Å²) in [5.41, 5.74) is 2.53. The van der Waals surface area contributed by atoms with Crippen molar-refractivity contribution < 1.29 is 4.79 Å². The van der Waals surface area contributed by atoms with E-state index in [4.69, 9.17) is 0 Å². The van der Waals surface area contributed by atoms with E-state index in [2.05, 4.69) is 39.8 Å². The highest BCUT2D eigenvalue weighted by Gasteiger charge is 2.15. The van der Waals surface area contributed by atoms with Gasteiger partial charge in [0.15, 0.2) is 0 Å². The number of hydrogen-bond acceptors (Lipinski definition) is 2. The summed E-state index contributed by atoms with van der Waals surface area (Å²) in [7, 11) is 0. The monoisotopic (exact) mass is 315 g/mol. The van der Waals surface area contributed by atoms with Gasteiger partial charge >= 0.3 is 6.03 Å². The molecule has 0 unspecified atom stereocenters. The van der Waals surface area contributed by atoms with E-state index in [1.54, 1.807) is 0 Å². The van der Waals surface area contributed by atoms with Crippen LogP contribution in [-0.4, -0.2) is 30.1 Å². The summed E-state index contributed by atoms with van der Waals surface area (Å²) in [5, 5.41) is 6.11. The van der Waals surface area contributed by atoms with Gasteiger partial charge in [-0.05, 0) is 49.9 Å². The summed E-state index contributed by atoms with van der Waals surface area (Å²) in [5.74, 6) is 0. The Bertz CT molecular complexity index is 505. The first-order valence-electron chi connectivity index (χ1n) is 9.14. The fraction of sp³-hybridized carbons (Fsp3) is 0.632. The van der Waals surface area contributed by atoms with Crippen molar-refractivity contribution in [3.63, 3.8) is 0 Å². The fourth-order valence-electron chi connectivity index (χ4n) is 3.70. The molecule has 2 amide bonds. The molecule has 2 fully saturated rings. The smallest absolute Gasteiger partial charge is 0.315 e. The van der Waals surface area contributed by atoms with E-state index >= 15 is 0 Å². The number of carbonyl (C=O) groups excluding carboxylic acids is 1. The molecule has 2 aliphatic rings. The van der Waals surface area contributed by atoms with Crippen LogP contribution in [0.15, 0.2) is 24.3 Å². The molecular formula is C19H29N3O. The maximum Gasteiger partial charge on any atom is 0.315 e. The third kappa shape index (κ3) is 5.24. The lowest BCUT2D eigenvalue weighted by molar-refractivity contribution is 0.232. The van der Waals surface area contributed by atoms with Gasteiger partial charge in [-0.1, -0.05) is 43.5 Å². The van der Waals surface area contributed by atoms with Gasteiger partial charge in [-0.2, -0.15) is 0 Å². The summed E-state index contributed by atoms with van der Waals surface area (Å²) in [6.07, 6.45) is 8.68. The first kappa shape index (κ1) is 16.3. The highest BCUT2D eigenvalue weighted by molar-refractivity contribution is 5.74. The lowest BCUT2D eigenvalue weighted by Gasteiger charge is -2.23. The van der Waals surface area contributed by atoms with E-state index in [0.29, 0.717) is 12.6 Å². The van der Waals surface area contributed by atoms with Gasteiger partial charge in [-0.3, -0.25) is 4.90 Å². The van der Waals surface area contributed by atoms with Crippen molar-refractivity contribution >= 4 is 6.03 Å². The Morgan fingerprint density at radius 2 is 1.78 bits per heavy atom. The molecule has 3 rings (SSSR count). The molecule has 0 aromatic heterocycles. The standard InChI is InChI=1S/C19H29N3O/c23-19(21-18-9-2-1-3-10-18)20-14-16-7-6-8-17(13-16)15-22-11-4-5-12-22/h6-8,13,18H,1-5,9-12,14-15H2,(H2,20,21,23). The van der Waals surface area contributed by atoms with Crippen LogP contribution in [0, 0.1) is 0 Å². The summed E-state index contributed by atoms with van der Waals surface area (Å²) in [6.45, 7) is 4.06. The molecule has 23 heavy (non-hydrogen) atoms. The van der Waals surface area contributed by atoms with Crippen LogP contribution in [0.5, 0.6) is 0 Å². The number of nitrogens with one attached hydrogen (secondary N) is 2. The molecule has 0 spiro atoms. The third-order valence-electron chi connectivity index (χ3n) is 4.99. The van der Waals surface area contributed by atoms with Crippen LogP contribution in [0.2, 0.25) is 0 Å². The number of carbonyl (C=O) groups is 1. The van der Waals surface area contributed by atoms with E-state index in [1.165, 1.54) is 56.3 Å². The average molecular weight is 315 g/mol. The Kier molecular flexibility index (Phi) is 5.92. The SMILES string of the molecule is O=C(NCc1cccc(CN2CCCC2)c1)NC1CCCCC1. The van der Waals surface area contributed by atoms with Gasteiger partial charge in [0.2, 0.25) is 0 Å². The molecular weight excluding hydrogens is 286 g/mol. The normalized spacial score (nSPS) is 19.7. The zero-order chi connectivity index (χ0) is 15.9. The molecule has 4 nitrogen and oxygen atoms in total. The van der Waals surface area contributed by atoms with E-state index in [-0.39, 0.29) is 6.03 Å². The number of urea groups is 1. The van der Waals surface area contributed by atoms with Crippen molar-refractivity contribution in [1.29, 1.82) is 0 Å². The first-order chi connectivity index (χ1) is 11.3. The second kappa shape index (κ2) is 8.34. The average Bonchev–Trinajstić information content (AvgIpc) is 3.07. The predicted octanol–water partition coefficient (Wildman–Crippen LogP) is 3.41. The van der Waals surface area contributed by atoms with Crippen molar-refractivity contribution in [1.82, 2.24) is 15.5 Å². The van der Waals surface area contributed by atoms with Crippen molar-refractivity contribution in [3.8, 4) is 0 Å². The lowest BCUT2D eigenvalue weighted by Crippen LogP contribution is -2.42. The minimum Gasteiger partial charge on any atom is -0.335 e. The molecule has 0 atom stereocenters. The van der Waals surface area contributed by atoms with Gasteiger partial charge in [0.1, 0.15) is 0 Å². The van der Waals surface area contributed by atoms with Gasteiger partial charge in [-0.15, -0.1) is 0 Å². The highest BCUT2D eigenvalue weighted by atomic mass is 16.2. The minimum atomic E-state index is -0.0261. The van der Waals surface area contributed by atoms with Crippen LogP contribution >= 0.6 is 0 Å². The van der Waals surface area contributed by atoms with E-state index in [9.17, 15) is 4.79 Å². The van der Waals surface area contributed by atoms with Gasteiger partial charge in [-0.25, -0.2) is 4.79 Å². The number of nitrogens with zero attached hydrogens (tertiary/aromatic N) is 1. The maximum absolute atomic E-state index is 12.0. The van der Waals surface area contributed by atoms with E-state index in [1.807, 2.05) is 0 Å². The second-order valence-electron chi connectivity index (χ2n) is 6.97. The Hall–Kier alpha value is -1.55. The third-order valence-corrected chi connectivity index (χ3v) is 4.99. The molecule has 1 heterocycles. The van der Waals surface area contributed by atoms with Crippen LogP contribution in [0.4, 0.5) is 4.79 Å².